The van der Waals surface area contributed by atoms with Crippen LogP contribution in [0.2, 0.25) is 18.1 Å². The average Bonchev–Trinajstić information content (AvgIpc) is 2.16. The highest BCUT2D eigenvalue weighted by Gasteiger charge is 2.38. The lowest BCUT2D eigenvalue weighted by atomic mass is 10.1. The van der Waals surface area contributed by atoms with E-state index in [9.17, 15) is 0 Å². The molecule has 0 saturated heterocycles. The first kappa shape index (κ1) is 14.3. The molecule has 0 amide bonds. The van der Waals surface area contributed by atoms with Crippen molar-refractivity contribution in [3.8, 4) is 0 Å². The lowest BCUT2D eigenvalue weighted by molar-refractivity contribution is 0.203. The van der Waals surface area contributed by atoms with Gasteiger partial charge in [0.15, 0.2) is 8.32 Å². The van der Waals surface area contributed by atoms with Gasteiger partial charge in [-0.05, 0) is 42.8 Å². The van der Waals surface area contributed by atoms with Crippen LogP contribution in [0.5, 0.6) is 0 Å². The van der Waals surface area contributed by atoms with Gasteiger partial charge in [-0.3, -0.25) is 0 Å². The summed E-state index contributed by atoms with van der Waals surface area (Å²) in [6, 6.07) is 7.96. The molecule has 1 aromatic rings. The molecule has 96 valence electrons. The fourth-order valence-electron chi connectivity index (χ4n) is 1.45. The Hall–Kier alpha value is -0.803. The standard InChI is InChI=1S/C14H25NOSi/c1-11(12-7-9-13(15)10-8-12)16-17(5,6)14(2,3)4/h7-11H,15H2,1-6H3. The van der Waals surface area contributed by atoms with Gasteiger partial charge in [-0.2, -0.15) is 0 Å². The third-order valence-electron chi connectivity index (χ3n) is 3.68. The Morgan fingerprint density at radius 3 is 2.00 bits per heavy atom. The molecule has 0 aliphatic heterocycles. The predicted molar refractivity (Wildman–Crippen MR) is 77.6 cm³/mol. The van der Waals surface area contributed by atoms with E-state index in [1.54, 1.807) is 0 Å². The first-order valence-corrected chi connectivity index (χ1v) is 9.07. The number of benzene rings is 1. The van der Waals surface area contributed by atoms with Crippen LogP contribution in [0.4, 0.5) is 5.69 Å². The molecule has 0 radical (unpaired) electrons. The fourth-order valence-corrected chi connectivity index (χ4v) is 2.83. The molecule has 1 aromatic carbocycles. The quantitative estimate of drug-likeness (QED) is 0.640. The van der Waals surface area contributed by atoms with E-state index < -0.39 is 8.32 Å². The van der Waals surface area contributed by atoms with Crippen LogP contribution >= 0.6 is 0 Å². The van der Waals surface area contributed by atoms with E-state index in [4.69, 9.17) is 10.2 Å². The smallest absolute Gasteiger partial charge is 0.192 e. The van der Waals surface area contributed by atoms with Gasteiger partial charge in [-0.15, -0.1) is 0 Å². The summed E-state index contributed by atoms with van der Waals surface area (Å²) in [7, 11) is -1.70. The Morgan fingerprint density at radius 1 is 1.12 bits per heavy atom. The maximum atomic E-state index is 6.33. The molecular formula is C14H25NOSi. The first-order valence-electron chi connectivity index (χ1n) is 6.17. The number of hydrogen-bond donors (Lipinski definition) is 1. The Morgan fingerprint density at radius 2 is 1.59 bits per heavy atom. The zero-order valence-electron chi connectivity index (χ0n) is 11.9. The summed E-state index contributed by atoms with van der Waals surface area (Å²) in [5.74, 6) is 0. The topological polar surface area (TPSA) is 35.2 Å². The SMILES string of the molecule is CC(O[Si](C)(C)C(C)(C)C)c1ccc(N)cc1. The minimum atomic E-state index is -1.70. The van der Waals surface area contributed by atoms with E-state index in [0.29, 0.717) is 0 Å². The molecule has 0 spiro atoms. The molecule has 0 heterocycles. The minimum Gasteiger partial charge on any atom is -0.410 e. The summed E-state index contributed by atoms with van der Waals surface area (Å²) < 4.78 is 6.33. The summed E-state index contributed by atoms with van der Waals surface area (Å²) in [5.41, 5.74) is 7.69. The second kappa shape index (κ2) is 4.82. The van der Waals surface area contributed by atoms with Gasteiger partial charge in [0.2, 0.25) is 0 Å². The van der Waals surface area contributed by atoms with Gasteiger partial charge in [0.25, 0.3) is 0 Å². The van der Waals surface area contributed by atoms with E-state index >= 15 is 0 Å². The van der Waals surface area contributed by atoms with Gasteiger partial charge in [-0.1, -0.05) is 32.9 Å². The lowest BCUT2D eigenvalue weighted by Crippen LogP contribution is -2.41. The van der Waals surface area contributed by atoms with Crippen molar-refractivity contribution in [2.45, 2.75) is 51.9 Å². The number of rotatable bonds is 3. The van der Waals surface area contributed by atoms with Crippen molar-refractivity contribution in [1.82, 2.24) is 0 Å². The molecule has 1 unspecified atom stereocenters. The van der Waals surface area contributed by atoms with E-state index in [0.717, 1.165) is 5.69 Å². The summed E-state index contributed by atoms with van der Waals surface area (Å²) in [5, 5.41) is 0.245. The lowest BCUT2D eigenvalue weighted by Gasteiger charge is -2.38. The molecule has 0 fully saturated rings. The molecule has 1 atom stereocenters. The van der Waals surface area contributed by atoms with Crippen LogP contribution in [-0.2, 0) is 4.43 Å². The van der Waals surface area contributed by atoms with E-state index in [1.165, 1.54) is 5.56 Å². The van der Waals surface area contributed by atoms with Crippen molar-refractivity contribution < 1.29 is 4.43 Å². The molecule has 1 rings (SSSR count). The van der Waals surface area contributed by atoms with Gasteiger partial charge in [0.1, 0.15) is 0 Å². The summed E-state index contributed by atoms with van der Waals surface area (Å²) in [6.45, 7) is 13.5. The number of nitrogens with two attached hydrogens (primary N) is 1. The summed E-state index contributed by atoms with van der Waals surface area (Å²) >= 11 is 0. The maximum Gasteiger partial charge on any atom is 0.192 e. The monoisotopic (exact) mass is 251 g/mol. The third-order valence-corrected chi connectivity index (χ3v) is 8.24. The van der Waals surface area contributed by atoms with Crippen molar-refractivity contribution in [2.24, 2.45) is 0 Å². The normalized spacial score (nSPS) is 14.7. The van der Waals surface area contributed by atoms with Crippen LogP contribution in [0.25, 0.3) is 0 Å². The molecule has 2 nitrogen and oxygen atoms in total. The Balaban J connectivity index is 2.79. The molecule has 17 heavy (non-hydrogen) atoms. The van der Waals surface area contributed by atoms with Gasteiger partial charge < -0.3 is 10.2 Å². The van der Waals surface area contributed by atoms with Crippen molar-refractivity contribution in [2.75, 3.05) is 5.73 Å². The average molecular weight is 251 g/mol. The molecule has 0 aliphatic rings. The molecule has 3 heteroatoms. The van der Waals surface area contributed by atoms with Crippen LogP contribution < -0.4 is 5.73 Å². The molecule has 0 saturated carbocycles. The zero-order chi connectivity index (χ0) is 13.3. The highest BCUT2D eigenvalue weighted by atomic mass is 28.4. The third kappa shape index (κ3) is 3.58. The van der Waals surface area contributed by atoms with E-state index in [2.05, 4.69) is 40.8 Å². The van der Waals surface area contributed by atoms with Gasteiger partial charge in [-0.25, -0.2) is 0 Å². The summed E-state index contributed by atoms with van der Waals surface area (Å²) in [4.78, 5) is 0. The van der Waals surface area contributed by atoms with Crippen molar-refractivity contribution in [3.63, 3.8) is 0 Å². The second-order valence-corrected chi connectivity index (χ2v) is 10.9. The van der Waals surface area contributed by atoms with Crippen LogP contribution in [0.15, 0.2) is 24.3 Å². The van der Waals surface area contributed by atoms with Crippen molar-refractivity contribution in [3.05, 3.63) is 29.8 Å². The van der Waals surface area contributed by atoms with Crippen LogP contribution in [0.3, 0.4) is 0 Å². The fraction of sp³-hybridized carbons (Fsp3) is 0.571. The summed E-state index contributed by atoms with van der Waals surface area (Å²) in [6.07, 6.45) is 0.136. The van der Waals surface area contributed by atoms with E-state index in [1.807, 2.05) is 24.3 Å². The van der Waals surface area contributed by atoms with Crippen LogP contribution in [0, 0.1) is 0 Å². The maximum absolute atomic E-state index is 6.33. The van der Waals surface area contributed by atoms with Gasteiger partial charge in [0, 0.05) is 5.69 Å². The molecule has 0 aromatic heterocycles. The van der Waals surface area contributed by atoms with Crippen LogP contribution in [0.1, 0.15) is 39.4 Å². The second-order valence-electron chi connectivity index (χ2n) is 6.19. The first-order chi connectivity index (χ1) is 7.63. The Kier molecular flexibility index (Phi) is 4.05. The van der Waals surface area contributed by atoms with Gasteiger partial charge >= 0.3 is 0 Å². The number of hydrogen-bond acceptors (Lipinski definition) is 2. The predicted octanol–water partition coefficient (Wildman–Crippen LogP) is 4.35. The molecular weight excluding hydrogens is 226 g/mol. The highest BCUT2D eigenvalue weighted by Crippen LogP contribution is 2.39. The number of anilines is 1. The molecule has 0 bridgehead atoms. The largest absolute Gasteiger partial charge is 0.410 e. The minimum absolute atomic E-state index is 0.136. The Bertz CT molecular complexity index is 365. The van der Waals surface area contributed by atoms with Crippen molar-refractivity contribution in [1.29, 1.82) is 0 Å². The molecule has 2 N–H and O–H groups in total. The van der Waals surface area contributed by atoms with Crippen molar-refractivity contribution >= 4 is 14.0 Å². The van der Waals surface area contributed by atoms with E-state index in [-0.39, 0.29) is 11.1 Å². The number of nitrogen functional groups attached to an aromatic ring is 1. The molecule has 0 aliphatic carbocycles. The van der Waals surface area contributed by atoms with Crippen LogP contribution in [-0.4, -0.2) is 8.32 Å². The highest BCUT2D eigenvalue weighted by molar-refractivity contribution is 6.74. The Labute approximate surface area is 106 Å². The van der Waals surface area contributed by atoms with Gasteiger partial charge in [0.05, 0.1) is 6.10 Å². The zero-order valence-corrected chi connectivity index (χ0v) is 12.9.